The van der Waals surface area contributed by atoms with Crippen molar-refractivity contribution in [3.63, 3.8) is 0 Å². The number of unbranched alkanes of at least 4 members (excludes halogenated alkanes) is 10. The van der Waals surface area contributed by atoms with Crippen molar-refractivity contribution in [3.05, 3.63) is 0 Å². The maximum atomic E-state index is 11.6. The Morgan fingerprint density at radius 3 is 1.74 bits per heavy atom. The summed E-state index contributed by atoms with van der Waals surface area (Å²) in [6.07, 6.45) is 14.5. The van der Waals surface area contributed by atoms with Crippen LogP contribution in [-0.2, 0) is 9.59 Å². The Hall–Kier alpha value is 0.100. The third-order valence-electron chi connectivity index (χ3n) is 4.02. The Morgan fingerprint density at radius 1 is 0.870 bits per heavy atom. The van der Waals surface area contributed by atoms with Crippen molar-refractivity contribution < 1.29 is 44.3 Å². The van der Waals surface area contributed by atoms with Crippen LogP contribution in [0.4, 0.5) is 0 Å². The first-order valence-corrected chi connectivity index (χ1v) is 9.03. The summed E-state index contributed by atoms with van der Waals surface area (Å²) in [5.74, 6) is -1.08. The minimum Gasteiger partial charge on any atom is -0.548 e. The molecule has 0 aromatic carbocycles. The number of carbonyl (C=O) groups is 2. The largest absolute Gasteiger partial charge is 1.00 e. The van der Waals surface area contributed by atoms with E-state index in [1.165, 1.54) is 64.7 Å². The van der Waals surface area contributed by atoms with Gasteiger partial charge in [-0.25, -0.2) is 0 Å². The molecule has 0 saturated carbocycles. The fourth-order valence-electron chi connectivity index (χ4n) is 2.43. The van der Waals surface area contributed by atoms with Crippen LogP contribution in [-0.4, -0.2) is 24.3 Å². The van der Waals surface area contributed by atoms with Crippen LogP contribution in [0.5, 0.6) is 0 Å². The van der Waals surface area contributed by atoms with Gasteiger partial charge in [0.25, 0.3) is 0 Å². The van der Waals surface area contributed by atoms with Crippen molar-refractivity contribution in [1.82, 2.24) is 5.32 Å². The van der Waals surface area contributed by atoms with E-state index < -0.39 is 12.0 Å². The molecule has 0 fully saturated rings. The molecule has 0 saturated heterocycles. The smallest absolute Gasteiger partial charge is 0.548 e. The van der Waals surface area contributed by atoms with Crippen molar-refractivity contribution in [2.75, 3.05) is 6.54 Å². The Labute approximate surface area is 164 Å². The second-order valence-electron chi connectivity index (χ2n) is 6.25. The van der Waals surface area contributed by atoms with Crippen molar-refractivity contribution in [3.8, 4) is 0 Å². The van der Waals surface area contributed by atoms with Gasteiger partial charge in [0, 0.05) is 12.5 Å². The van der Waals surface area contributed by atoms with E-state index in [0.29, 0.717) is 6.42 Å². The minimum absolute atomic E-state index is 0. The fourth-order valence-corrected chi connectivity index (χ4v) is 2.43. The molecular weight excluding hydrogens is 301 g/mol. The third kappa shape index (κ3) is 18.3. The van der Waals surface area contributed by atoms with E-state index in [1.807, 2.05) is 0 Å². The number of carbonyl (C=O) groups excluding carboxylic acids is 2. The molecule has 0 heterocycles. The van der Waals surface area contributed by atoms with Crippen molar-refractivity contribution in [2.24, 2.45) is 0 Å². The molecule has 0 aliphatic heterocycles. The van der Waals surface area contributed by atoms with E-state index in [9.17, 15) is 14.7 Å². The zero-order valence-electron chi connectivity index (χ0n) is 15.5. The van der Waals surface area contributed by atoms with Crippen LogP contribution in [0.2, 0.25) is 0 Å². The van der Waals surface area contributed by atoms with Gasteiger partial charge in [0.15, 0.2) is 0 Å². The average molecular weight is 335 g/mol. The minimum atomic E-state index is -1.16. The maximum Gasteiger partial charge on any atom is 1.00 e. The second kappa shape index (κ2) is 18.4. The topological polar surface area (TPSA) is 69.2 Å². The predicted molar refractivity (Wildman–Crippen MR) is 88.6 cm³/mol. The SMILES string of the molecule is CCCCCCCCCCCCCC(=O)CNC(C)C(=O)[O-].[Na+]. The molecule has 1 unspecified atom stereocenters. The second-order valence-corrected chi connectivity index (χ2v) is 6.25. The molecule has 1 atom stereocenters. The van der Waals surface area contributed by atoms with Crippen LogP contribution in [0, 0.1) is 0 Å². The average Bonchev–Trinajstić information content (AvgIpc) is 2.50. The molecule has 4 nitrogen and oxygen atoms in total. The van der Waals surface area contributed by atoms with E-state index in [2.05, 4.69) is 12.2 Å². The van der Waals surface area contributed by atoms with Crippen LogP contribution >= 0.6 is 0 Å². The number of nitrogens with one attached hydrogen (secondary N) is 1. The zero-order valence-corrected chi connectivity index (χ0v) is 17.5. The molecule has 0 aliphatic carbocycles. The number of rotatable bonds is 16. The Kier molecular flexibility index (Phi) is 20.3. The Balaban J connectivity index is 0. The third-order valence-corrected chi connectivity index (χ3v) is 4.02. The number of hydrogen-bond acceptors (Lipinski definition) is 4. The summed E-state index contributed by atoms with van der Waals surface area (Å²) in [4.78, 5) is 22.0. The summed E-state index contributed by atoms with van der Waals surface area (Å²) < 4.78 is 0. The van der Waals surface area contributed by atoms with Crippen LogP contribution in [0.3, 0.4) is 0 Å². The van der Waals surface area contributed by atoms with Gasteiger partial charge in [0.1, 0.15) is 5.78 Å². The van der Waals surface area contributed by atoms with Crippen molar-refractivity contribution >= 4 is 11.8 Å². The predicted octanol–water partition coefficient (Wildman–Crippen LogP) is -0.0114. The molecule has 0 aromatic rings. The molecule has 5 heteroatoms. The molecule has 0 spiro atoms. The summed E-state index contributed by atoms with van der Waals surface area (Å²) in [7, 11) is 0. The first-order valence-electron chi connectivity index (χ1n) is 9.03. The molecule has 1 N–H and O–H groups in total. The first-order chi connectivity index (χ1) is 10.6. The Bertz CT molecular complexity index is 298. The van der Waals surface area contributed by atoms with E-state index >= 15 is 0 Å². The molecule has 0 amide bonds. The van der Waals surface area contributed by atoms with E-state index in [1.54, 1.807) is 0 Å². The van der Waals surface area contributed by atoms with Crippen LogP contribution in [0.15, 0.2) is 0 Å². The van der Waals surface area contributed by atoms with Crippen LogP contribution < -0.4 is 40.0 Å². The number of carboxylic acids is 1. The molecule has 0 aliphatic rings. The molecule has 0 bridgehead atoms. The quantitative estimate of drug-likeness (QED) is 0.318. The molecule has 130 valence electrons. The summed E-state index contributed by atoms with van der Waals surface area (Å²) >= 11 is 0. The molecule has 0 aromatic heterocycles. The van der Waals surface area contributed by atoms with E-state index in [4.69, 9.17) is 0 Å². The number of ketones is 1. The van der Waals surface area contributed by atoms with Gasteiger partial charge in [0.05, 0.1) is 12.5 Å². The van der Waals surface area contributed by atoms with E-state index in [0.717, 1.165) is 12.8 Å². The van der Waals surface area contributed by atoms with Gasteiger partial charge in [-0.3, -0.25) is 4.79 Å². The number of hydrogen-bond donors (Lipinski definition) is 1. The Morgan fingerprint density at radius 2 is 1.30 bits per heavy atom. The zero-order chi connectivity index (χ0) is 16.6. The summed E-state index contributed by atoms with van der Waals surface area (Å²) in [6.45, 7) is 3.86. The van der Waals surface area contributed by atoms with Gasteiger partial charge in [-0.1, -0.05) is 71.1 Å². The molecule has 23 heavy (non-hydrogen) atoms. The summed E-state index contributed by atoms with van der Waals surface area (Å²) in [5, 5.41) is 13.1. The molecule has 0 rings (SSSR count). The summed E-state index contributed by atoms with van der Waals surface area (Å²) in [6, 6.07) is -0.763. The number of aliphatic carboxylic acids is 1. The number of carboxylic acid groups (broad SMARTS) is 1. The van der Waals surface area contributed by atoms with Gasteiger partial charge in [-0.2, -0.15) is 0 Å². The molecular formula is C18H34NNaO3. The monoisotopic (exact) mass is 335 g/mol. The molecule has 0 radical (unpaired) electrons. The van der Waals surface area contributed by atoms with Gasteiger partial charge in [-0.05, 0) is 13.3 Å². The maximum absolute atomic E-state index is 11.6. The van der Waals surface area contributed by atoms with Crippen LogP contribution in [0.25, 0.3) is 0 Å². The van der Waals surface area contributed by atoms with Gasteiger partial charge in [0.2, 0.25) is 0 Å². The van der Waals surface area contributed by atoms with Crippen molar-refractivity contribution in [2.45, 2.75) is 96.9 Å². The van der Waals surface area contributed by atoms with Gasteiger partial charge in [-0.15, -0.1) is 0 Å². The number of Topliss-reactive ketones (excluding diaryl/α,β-unsaturated/α-hetero) is 1. The normalized spacial score (nSPS) is 11.7. The van der Waals surface area contributed by atoms with E-state index in [-0.39, 0.29) is 41.9 Å². The van der Waals surface area contributed by atoms with Gasteiger partial charge < -0.3 is 15.2 Å². The van der Waals surface area contributed by atoms with Gasteiger partial charge >= 0.3 is 29.6 Å². The van der Waals surface area contributed by atoms with Crippen molar-refractivity contribution in [1.29, 1.82) is 0 Å². The summed E-state index contributed by atoms with van der Waals surface area (Å²) in [5.41, 5.74) is 0. The standard InChI is InChI=1S/C18H35NO3.Na/c1-3-4-5-6-7-8-9-10-11-12-13-14-17(20)15-19-16(2)18(21)22;/h16,19H,3-15H2,1-2H3,(H,21,22);/q;+1/p-1. The first kappa shape index (κ1) is 25.3. The van der Waals surface area contributed by atoms with Crippen LogP contribution in [0.1, 0.15) is 90.9 Å². The fraction of sp³-hybridized carbons (Fsp3) is 0.889.